The molecule has 29 heavy (non-hydrogen) atoms. The van der Waals surface area contributed by atoms with Gasteiger partial charge in [0.2, 0.25) is 0 Å². The first-order chi connectivity index (χ1) is 14.0. The van der Waals surface area contributed by atoms with Gasteiger partial charge < -0.3 is 0 Å². The van der Waals surface area contributed by atoms with Gasteiger partial charge in [-0.3, -0.25) is 9.69 Å². The molecule has 0 bridgehead atoms. The third kappa shape index (κ3) is 4.25. The number of carbonyl (C=O) groups is 1. The van der Waals surface area contributed by atoms with Crippen LogP contribution in [0.2, 0.25) is 0 Å². The summed E-state index contributed by atoms with van der Waals surface area (Å²) in [6.45, 7) is 5.62. The number of benzene rings is 2. The summed E-state index contributed by atoms with van der Waals surface area (Å²) in [4.78, 5) is 15.6. The summed E-state index contributed by atoms with van der Waals surface area (Å²) in [5.74, 6) is -0.237. The Morgan fingerprint density at radius 2 is 1.90 bits per heavy atom. The van der Waals surface area contributed by atoms with E-state index in [1.165, 1.54) is 18.6 Å². The lowest BCUT2D eigenvalue weighted by Crippen LogP contribution is -2.44. The molecule has 1 amide bonds. The standard InChI is InChI=1S/C24H28FN3O/c1-17-7-3-4-9-21(17)23-15-22(19-10-12-20(25)13-11-19)26-28(23)24(29)16-27-14-6-5-8-18(27)2/h3-4,7,9-13,18,23H,5-6,8,14-16H2,1-2H3. The van der Waals surface area contributed by atoms with E-state index in [1.807, 2.05) is 12.1 Å². The number of hydrogen-bond acceptors (Lipinski definition) is 3. The maximum absolute atomic E-state index is 13.4. The average Bonchev–Trinajstić information content (AvgIpc) is 3.16. The van der Waals surface area contributed by atoms with E-state index in [4.69, 9.17) is 5.10 Å². The fourth-order valence-electron chi connectivity index (χ4n) is 4.40. The number of likely N-dealkylation sites (tertiary alicyclic amines) is 1. The summed E-state index contributed by atoms with van der Waals surface area (Å²) in [5.41, 5.74) is 3.97. The lowest BCUT2D eigenvalue weighted by Gasteiger charge is -2.34. The molecule has 2 aliphatic heterocycles. The van der Waals surface area contributed by atoms with Gasteiger partial charge in [0.25, 0.3) is 5.91 Å². The number of nitrogens with zero attached hydrogens (tertiary/aromatic N) is 3. The molecule has 2 unspecified atom stereocenters. The van der Waals surface area contributed by atoms with Crippen LogP contribution in [-0.4, -0.2) is 40.7 Å². The van der Waals surface area contributed by atoms with Gasteiger partial charge in [-0.2, -0.15) is 5.10 Å². The zero-order valence-corrected chi connectivity index (χ0v) is 17.1. The van der Waals surface area contributed by atoms with Gasteiger partial charge in [0.05, 0.1) is 18.3 Å². The highest BCUT2D eigenvalue weighted by molar-refractivity contribution is 6.03. The van der Waals surface area contributed by atoms with Gasteiger partial charge in [0.15, 0.2) is 0 Å². The van der Waals surface area contributed by atoms with Gasteiger partial charge in [-0.15, -0.1) is 0 Å². The monoisotopic (exact) mass is 393 g/mol. The summed E-state index contributed by atoms with van der Waals surface area (Å²) >= 11 is 0. The van der Waals surface area contributed by atoms with Crippen LogP contribution < -0.4 is 0 Å². The quantitative estimate of drug-likeness (QED) is 0.756. The molecular weight excluding hydrogens is 365 g/mol. The average molecular weight is 394 g/mol. The minimum absolute atomic E-state index is 0.0316. The van der Waals surface area contributed by atoms with Gasteiger partial charge in [-0.05, 0) is 62.1 Å². The van der Waals surface area contributed by atoms with Gasteiger partial charge in [-0.25, -0.2) is 9.40 Å². The van der Waals surface area contributed by atoms with Crippen LogP contribution in [-0.2, 0) is 4.79 Å². The van der Waals surface area contributed by atoms with Crippen molar-refractivity contribution in [1.82, 2.24) is 9.91 Å². The molecule has 152 valence electrons. The van der Waals surface area contributed by atoms with Gasteiger partial charge in [0.1, 0.15) is 5.82 Å². The third-order valence-electron chi connectivity index (χ3n) is 6.17. The number of carbonyl (C=O) groups excluding carboxylic acids is 1. The smallest absolute Gasteiger partial charge is 0.257 e. The summed E-state index contributed by atoms with van der Waals surface area (Å²) < 4.78 is 13.4. The Bertz CT molecular complexity index is 909. The number of amides is 1. The van der Waals surface area contributed by atoms with Crippen molar-refractivity contribution < 1.29 is 9.18 Å². The predicted octanol–water partition coefficient (Wildman–Crippen LogP) is 4.69. The molecule has 1 saturated heterocycles. The van der Waals surface area contributed by atoms with Crippen LogP contribution in [0.1, 0.15) is 55.3 Å². The number of hydrogen-bond donors (Lipinski definition) is 0. The maximum Gasteiger partial charge on any atom is 0.257 e. The first-order valence-electron chi connectivity index (χ1n) is 10.5. The molecule has 2 aromatic rings. The Morgan fingerprint density at radius 3 is 2.62 bits per heavy atom. The fraction of sp³-hybridized carbons (Fsp3) is 0.417. The molecule has 0 radical (unpaired) electrons. The Hall–Kier alpha value is -2.53. The molecule has 2 aliphatic rings. The van der Waals surface area contributed by atoms with Crippen LogP contribution in [0.5, 0.6) is 0 Å². The lowest BCUT2D eigenvalue weighted by molar-refractivity contribution is -0.135. The summed E-state index contributed by atoms with van der Waals surface area (Å²) in [5, 5.41) is 6.40. The van der Waals surface area contributed by atoms with E-state index in [-0.39, 0.29) is 17.8 Å². The minimum Gasteiger partial charge on any atom is -0.292 e. The number of aryl methyl sites for hydroxylation is 1. The molecule has 0 aliphatic carbocycles. The summed E-state index contributed by atoms with van der Waals surface area (Å²) in [6, 6.07) is 14.8. The number of rotatable bonds is 4. The molecule has 1 fully saturated rings. The van der Waals surface area contributed by atoms with Crippen molar-refractivity contribution in [2.45, 2.75) is 51.6 Å². The maximum atomic E-state index is 13.4. The van der Waals surface area contributed by atoms with Crippen molar-refractivity contribution in [3.63, 3.8) is 0 Å². The SMILES string of the molecule is Cc1ccccc1C1CC(c2ccc(F)cc2)=NN1C(=O)CN1CCCCC1C. The summed E-state index contributed by atoms with van der Waals surface area (Å²) in [7, 11) is 0. The molecule has 0 saturated carbocycles. The molecule has 2 atom stereocenters. The molecule has 4 rings (SSSR count). The summed E-state index contributed by atoms with van der Waals surface area (Å²) in [6.07, 6.45) is 4.15. The van der Waals surface area contributed by atoms with Crippen LogP contribution in [0.25, 0.3) is 0 Å². The molecule has 2 heterocycles. The van der Waals surface area contributed by atoms with Crippen LogP contribution in [0, 0.1) is 12.7 Å². The topological polar surface area (TPSA) is 35.9 Å². The Kier molecular flexibility index (Phi) is 5.76. The fourth-order valence-corrected chi connectivity index (χ4v) is 4.40. The van der Waals surface area contributed by atoms with Gasteiger partial charge in [-0.1, -0.05) is 42.8 Å². The van der Waals surface area contributed by atoms with E-state index in [1.54, 1.807) is 17.1 Å². The largest absolute Gasteiger partial charge is 0.292 e. The Balaban J connectivity index is 1.62. The molecule has 2 aromatic carbocycles. The molecule has 0 spiro atoms. The van der Waals surface area contributed by atoms with Gasteiger partial charge in [0, 0.05) is 12.5 Å². The van der Waals surface area contributed by atoms with Crippen molar-refractivity contribution in [2.24, 2.45) is 5.10 Å². The van der Waals surface area contributed by atoms with Crippen molar-refractivity contribution in [3.8, 4) is 0 Å². The minimum atomic E-state index is -0.269. The number of piperidine rings is 1. The van der Waals surface area contributed by atoms with Crippen molar-refractivity contribution >= 4 is 11.6 Å². The highest BCUT2D eigenvalue weighted by atomic mass is 19.1. The second-order valence-electron chi connectivity index (χ2n) is 8.18. The molecule has 5 heteroatoms. The van der Waals surface area contributed by atoms with Crippen LogP contribution in [0.3, 0.4) is 0 Å². The Morgan fingerprint density at radius 1 is 1.14 bits per heavy atom. The highest BCUT2D eigenvalue weighted by Crippen LogP contribution is 2.34. The van der Waals surface area contributed by atoms with E-state index in [9.17, 15) is 9.18 Å². The van der Waals surface area contributed by atoms with Gasteiger partial charge >= 0.3 is 0 Å². The number of hydrazone groups is 1. The van der Waals surface area contributed by atoms with Crippen molar-refractivity contribution in [1.29, 1.82) is 0 Å². The zero-order valence-electron chi connectivity index (χ0n) is 17.1. The van der Waals surface area contributed by atoms with Crippen molar-refractivity contribution in [2.75, 3.05) is 13.1 Å². The van der Waals surface area contributed by atoms with E-state index < -0.39 is 0 Å². The van der Waals surface area contributed by atoms with Crippen LogP contribution in [0.15, 0.2) is 53.6 Å². The normalized spacial score (nSPS) is 22.6. The van der Waals surface area contributed by atoms with E-state index in [0.717, 1.165) is 41.8 Å². The van der Waals surface area contributed by atoms with E-state index in [2.05, 4.69) is 30.9 Å². The molecule has 4 nitrogen and oxygen atoms in total. The van der Waals surface area contributed by atoms with E-state index in [0.29, 0.717) is 19.0 Å². The number of halogens is 1. The van der Waals surface area contributed by atoms with Crippen LogP contribution in [0.4, 0.5) is 4.39 Å². The second-order valence-corrected chi connectivity index (χ2v) is 8.18. The first-order valence-corrected chi connectivity index (χ1v) is 10.5. The molecule has 0 aromatic heterocycles. The third-order valence-corrected chi connectivity index (χ3v) is 6.17. The van der Waals surface area contributed by atoms with Crippen molar-refractivity contribution in [3.05, 3.63) is 71.0 Å². The van der Waals surface area contributed by atoms with Crippen LogP contribution >= 0.6 is 0 Å². The molecular formula is C24H28FN3O. The second kappa shape index (κ2) is 8.46. The first kappa shape index (κ1) is 19.8. The zero-order chi connectivity index (χ0) is 20.4. The highest BCUT2D eigenvalue weighted by Gasteiger charge is 2.35. The lowest BCUT2D eigenvalue weighted by atomic mass is 9.95. The predicted molar refractivity (Wildman–Crippen MR) is 113 cm³/mol. The molecule has 0 N–H and O–H groups in total. The Labute approximate surface area is 172 Å². The van der Waals surface area contributed by atoms with E-state index >= 15 is 0 Å².